The van der Waals surface area contributed by atoms with Crippen LogP contribution < -0.4 is 9.64 Å². The number of hydrogen-bond donors (Lipinski definition) is 0. The van der Waals surface area contributed by atoms with Crippen LogP contribution >= 0.6 is 0 Å². The molecule has 2 aliphatic rings. The highest BCUT2D eigenvalue weighted by Gasteiger charge is 2.21. The number of rotatable bonds is 5. The van der Waals surface area contributed by atoms with Gasteiger partial charge >= 0.3 is 0 Å². The highest BCUT2D eigenvalue weighted by Crippen LogP contribution is 2.27. The molecular weight excluding hydrogens is 358 g/mol. The number of carbonyl (C=O) groups excluding carboxylic acids is 1. The van der Waals surface area contributed by atoms with Gasteiger partial charge in [0.25, 0.3) is 0 Å². The molecular formula is C20H27N5O3. The number of benzene rings is 1. The quantitative estimate of drug-likeness (QED) is 0.761. The van der Waals surface area contributed by atoms with Gasteiger partial charge in [0.1, 0.15) is 6.33 Å². The van der Waals surface area contributed by atoms with E-state index in [1.165, 1.54) is 12.0 Å². The van der Waals surface area contributed by atoms with Gasteiger partial charge in [-0.1, -0.05) is 0 Å². The summed E-state index contributed by atoms with van der Waals surface area (Å²) in [5, 5.41) is 0.937. The van der Waals surface area contributed by atoms with E-state index in [1.807, 2.05) is 11.0 Å². The number of hydrogen-bond acceptors (Lipinski definition) is 7. The summed E-state index contributed by atoms with van der Waals surface area (Å²) in [7, 11) is 1.63. The lowest BCUT2D eigenvalue weighted by molar-refractivity contribution is -0.130. The Hall–Kier alpha value is -2.45. The van der Waals surface area contributed by atoms with Crippen molar-refractivity contribution in [1.29, 1.82) is 0 Å². The largest absolute Gasteiger partial charge is 0.480 e. The lowest BCUT2D eigenvalue weighted by Crippen LogP contribution is -2.49. The molecule has 2 saturated heterocycles. The second-order valence-corrected chi connectivity index (χ2v) is 7.16. The first kappa shape index (κ1) is 18.9. The Morgan fingerprint density at radius 1 is 1.07 bits per heavy atom. The van der Waals surface area contributed by atoms with Gasteiger partial charge in [-0.25, -0.2) is 9.97 Å². The Morgan fingerprint density at radius 2 is 1.93 bits per heavy atom. The third kappa shape index (κ3) is 4.18. The van der Waals surface area contributed by atoms with Gasteiger partial charge in [0.05, 0.1) is 37.6 Å². The molecule has 8 heteroatoms. The number of fused-ring (bicyclic) bond motifs is 1. The first-order valence-corrected chi connectivity index (χ1v) is 9.86. The zero-order valence-corrected chi connectivity index (χ0v) is 16.3. The standard InChI is InChI=1S/C20H27N5O3/c1-27-20-17-14-16(2-3-18(17)21-15-22-20)24-8-5-23(6-9-24)7-10-25-11-13-28-12-4-19(25)26/h2-3,14-15H,4-13H2,1H3. The van der Waals surface area contributed by atoms with Crippen molar-refractivity contribution in [1.82, 2.24) is 19.8 Å². The molecule has 0 N–H and O–H groups in total. The van der Waals surface area contributed by atoms with Crippen LogP contribution in [0.1, 0.15) is 6.42 Å². The van der Waals surface area contributed by atoms with Crippen molar-refractivity contribution in [2.24, 2.45) is 0 Å². The first-order chi connectivity index (χ1) is 13.7. The summed E-state index contributed by atoms with van der Waals surface area (Å²) >= 11 is 0. The maximum atomic E-state index is 12.1. The fraction of sp³-hybridized carbons (Fsp3) is 0.550. The highest BCUT2D eigenvalue weighted by atomic mass is 16.5. The van der Waals surface area contributed by atoms with Crippen LogP contribution in [0, 0.1) is 0 Å². The Bertz CT molecular complexity index is 823. The predicted octanol–water partition coefficient (Wildman–Crippen LogP) is 1.01. The molecule has 28 heavy (non-hydrogen) atoms. The summed E-state index contributed by atoms with van der Waals surface area (Å²) in [5.74, 6) is 0.819. The maximum Gasteiger partial charge on any atom is 0.225 e. The summed E-state index contributed by atoms with van der Waals surface area (Å²) in [4.78, 5) is 27.3. The number of amides is 1. The van der Waals surface area contributed by atoms with E-state index in [1.54, 1.807) is 7.11 Å². The van der Waals surface area contributed by atoms with Crippen molar-refractivity contribution < 1.29 is 14.3 Å². The molecule has 0 saturated carbocycles. The zero-order chi connectivity index (χ0) is 19.3. The lowest BCUT2D eigenvalue weighted by Gasteiger charge is -2.37. The van der Waals surface area contributed by atoms with Gasteiger partial charge in [-0.3, -0.25) is 9.69 Å². The molecule has 1 amide bonds. The molecule has 2 fully saturated rings. The van der Waals surface area contributed by atoms with Crippen LogP contribution in [0.2, 0.25) is 0 Å². The highest BCUT2D eigenvalue weighted by molar-refractivity contribution is 5.86. The fourth-order valence-corrected chi connectivity index (χ4v) is 3.83. The second-order valence-electron chi connectivity index (χ2n) is 7.16. The van der Waals surface area contributed by atoms with E-state index in [0.717, 1.165) is 50.2 Å². The van der Waals surface area contributed by atoms with E-state index in [4.69, 9.17) is 9.47 Å². The summed E-state index contributed by atoms with van der Waals surface area (Å²) < 4.78 is 10.8. The zero-order valence-electron chi connectivity index (χ0n) is 16.3. The number of ether oxygens (including phenoxy) is 2. The normalized spacial score (nSPS) is 19.1. The molecule has 8 nitrogen and oxygen atoms in total. The summed E-state index contributed by atoms with van der Waals surface area (Å²) in [5.41, 5.74) is 2.06. The van der Waals surface area contributed by atoms with Crippen LogP contribution in [0.3, 0.4) is 0 Å². The number of carbonyl (C=O) groups is 1. The number of methoxy groups -OCH3 is 1. The van der Waals surface area contributed by atoms with Gasteiger partial charge < -0.3 is 19.3 Å². The molecule has 1 aromatic carbocycles. The van der Waals surface area contributed by atoms with Crippen LogP contribution in [-0.2, 0) is 9.53 Å². The van der Waals surface area contributed by atoms with Gasteiger partial charge in [-0.05, 0) is 18.2 Å². The molecule has 4 rings (SSSR count). The minimum atomic E-state index is 0.212. The second kappa shape index (κ2) is 8.70. The van der Waals surface area contributed by atoms with Gasteiger partial charge in [0.2, 0.25) is 11.8 Å². The van der Waals surface area contributed by atoms with E-state index in [2.05, 4.69) is 31.9 Å². The molecule has 3 heterocycles. The fourth-order valence-electron chi connectivity index (χ4n) is 3.83. The van der Waals surface area contributed by atoms with E-state index in [-0.39, 0.29) is 5.91 Å². The Morgan fingerprint density at radius 3 is 2.75 bits per heavy atom. The lowest BCUT2D eigenvalue weighted by atomic mass is 10.2. The minimum absolute atomic E-state index is 0.212. The molecule has 0 atom stereocenters. The van der Waals surface area contributed by atoms with Gasteiger partial charge in [-0.2, -0.15) is 0 Å². The monoisotopic (exact) mass is 385 g/mol. The number of aromatic nitrogens is 2. The van der Waals surface area contributed by atoms with Crippen molar-refractivity contribution in [3.8, 4) is 5.88 Å². The third-order valence-corrected chi connectivity index (χ3v) is 5.52. The van der Waals surface area contributed by atoms with Crippen molar-refractivity contribution >= 4 is 22.5 Å². The minimum Gasteiger partial charge on any atom is -0.480 e. The van der Waals surface area contributed by atoms with Gasteiger partial charge in [0.15, 0.2) is 0 Å². The summed E-state index contributed by atoms with van der Waals surface area (Å²) in [6.07, 6.45) is 2.03. The van der Waals surface area contributed by atoms with E-state index in [0.29, 0.717) is 32.1 Å². The van der Waals surface area contributed by atoms with Crippen molar-refractivity contribution in [3.63, 3.8) is 0 Å². The predicted molar refractivity (Wildman–Crippen MR) is 107 cm³/mol. The first-order valence-electron chi connectivity index (χ1n) is 9.86. The average molecular weight is 385 g/mol. The molecule has 0 unspecified atom stereocenters. The van der Waals surface area contributed by atoms with Crippen molar-refractivity contribution in [3.05, 3.63) is 24.5 Å². The van der Waals surface area contributed by atoms with Crippen LogP contribution in [-0.4, -0.2) is 91.8 Å². The summed E-state index contributed by atoms with van der Waals surface area (Å²) in [6.45, 7) is 7.49. The van der Waals surface area contributed by atoms with Crippen molar-refractivity contribution in [2.45, 2.75) is 6.42 Å². The molecule has 0 aliphatic carbocycles. The van der Waals surface area contributed by atoms with Crippen LogP contribution in [0.25, 0.3) is 10.9 Å². The van der Waals surface area contributed by atoms with Crippen LogP contribution in [0.15, 0.2) is 24.5 Å². The number of piperazine rings is 1. The summed E-state index contributed by atoms with van der Waals surface area (Å²) in [6, 6.07) is 6.24. The molecule has 2 aliphatic heterocycles. The molecule has 0 bridgehead atoms. The molecule has 0 radical (unpaired) electrons. The van der Waals surface area contributed by atoms with E-state index < -0.39 is 0 Å². The Balaban J connectivity index is 1.34. The van der Waals surface area contributed by atoms with Gasteiger partial charge in [-0.15, -0.1) is 0 Å². The van der Waals surface area contributed by atoms with E-state index in [9.17, 15) is 4.79 Å². The molecule has 0 spiro atoms. The Kier molecular flexibility index (Phi) is 5.87. The smallest absolute Gasteiger partial charge is 0.225 e. The average Bonchev–Trinajstić information content (AvgIpc) is 2.95. The topological polar surface area (TPSA) is 71.0 Å². The number of anilines is 1. The molecule has 2 aromatic rings. The van der Waals surface area contributed by atoms with Crippen LogP contribution in [0.5, 0.6) is 5.88 Å². The number of nitrogens with zero attached hydrogens (tertiary/aromatic N) is 5. The van der Waals surface area contributed by atoms with Crippen molar-refractivity contribution in [2.75, 3.05) is 71.0 Å². The van der Waals surface area contributed by atoms with Crippen LogP contribution in [0.4, 0.5) is 5.69 Å². The Labute approximate surface area is 165 Å². The van der Waals surface area contributed by atoms with Gasteiger partial charge in [0, 0.05) is 51.5 Å². The maximum absolute atomic E-state index is 12.1. The van der Waals surface area contributed by atoms with E-state index >= 15 is 0 Å². The molecule has 1 aromatic heterocycles. The SMILES string of the molecule is COc1ncnc2ccc(N3CCN(CCN4CCOCCC4=O)CC3)cc12. The molecule has 150 valence electrons. The third-order valence-electron chi connectivity index (χ3n) is 5.52.